The Morgan fingerprint density at radius 3 is 2.46 bits per heavy atom. The second kappa shape index (κ2) is 10.0. The summed E-state index contributed by atoms with van der Waals surface area (Å²) in [5.74, 6) is -0.388. The van der Waals surface area contributed by atoms with E-state index in [-0.39, 0.29) is 11.8 Å². The monoisotopic (exact) mass is 381 g/mol. The molecule has 2 aromatic carbocycles. The lowest BCUT2D eigenvalue weighted by atomic mass is 10.1. The van der Waals surface area contributed by atoms with Gasteiger partial charge in [0.1, 0.15) is 0 Å². The molecule has 3 rings (SSSR count). The van der Waals surface area contributed by atoms with Crippen molar-refractivity contribution in [1.29, 1.82) is 0 Å². The second-order valence-corrected chi connectivity index (χ2v) is 6.76. The fraction of sp³-hybridized carbons (Fsp3) is 0.364. The Bertz CT molecular complexity index is 816. The number of rotatable bonds is 7. The molecule has 0 unspecified atom stereocenters. The van der Waals surface area contributed by atoms with Gasteiger partial charge in [-0.15, -0.1) is 0 Å². The fourth-order valence-electron chi connectivity index (χ4n) is 3.20. The summed E-state index contributed by atoms with van der Waals surface area (Å²) in [4.78, 5) is 27.3. The molecule has 0 saturated carbocycles. The minimum absolute atomic E-state index is 0.170. The number of benzene rings is 2. The van der Waals surface area contributed by atoms with Gasteiger partial charge in [-0.1, -0.05) is 31.2 Å². The van der Waals surface area contributed by atoms with Crippen LogP contribution in [0.5, 0.6) is 0 Å². The van der Waals surface area contributed by atoms with Crippen molar-refractivity contribution in [3.63, 3.8) is 0 Å². The highest BCUT2D eigenvalue weighted by molar-refractivity contribution is 6.06. The lowest BCUT2D eigenvalue weighted by Crippen LogP contribution is -2.41. The molecule has 1 heterocycles. The van der Waals surface area contributed by atoms with Crippen molar-refractivity contribution >= 4 is 17.5 Å². The van der Waals surface area contributed by atoms with Crippen LogP contribution < -0.4 is 10.6 Å². The average molecular weight is 381 g/mol. The summed E-state index contributed by atoms with van der Waals surface area (Å²) in [7, 11) is 0. The minimum atomic E-state index is -0.219. The molecule has 1 aliphatic heterocycles. The van der Waals surface area contributed by atoms with E-state index in [2.05, 4.69) is 15.5 Å². The number of nitrogens with one attached hydrogen (secondary N) is 2. The number of anilines is 1. The van der Waals surface area contributed by atoms with E-state index in [9.17, 15) is 9.59 Å². The number of amides is 2. The van der Waals surface area contributed by atoms with Gasteiger partial charge in [0, 0.05) is 43.0 Å². The topological polar surface area (TPSA) is 70.7 Å². The molecule has 2 N–H and O–H groups in total. The maximum absolute atomic E-state index is 12.6. The van der Waals surface area contributed by atoms with E-state index in [1.807, 2.05) is 31.2 Å². The molecular weight excluding hydrogens is 354 g/mol. The van der Waals surface area contributed by atoms with Crippen LogP contribution in [-0.4, -0.2) is 56.1 Å². The van der Waals surface area contributed by atoms with E-state index in [4.69, 9.17) is 4.74 Å². The Kier molecular flexibility index (Phi) is 7.17. The zero-order valence-corrected chi connectivity index (χ0v) is 16.2. The van der Waals surface area contributed by atoms with Gasteiger partial charge in [0.05, 0.1) is 13.2 Å². The van der Waals surface area contributed by atoms with E-state index in [0.717, 1.165) is 50.5 Å². The predicted octanol–water partition coefficient (Wildman–Crippen LogP) is 2.56. The molecule has 28 heavy (non-hydrogen) atoms. The van der Waals surface area contributed by atoms with Crippen molar-refractivity contribution in [2.24, 2.45) is 0 Å². The standard InChI is InChI=1S/C22H27N3O3/c1-2-17-6-3-4-9-20(17)24-22(27)19-8-5-7-18(16-19)21(26)23-10-11-25-12-14-28-15-13-25/h3-9,16H,2,10-15H2,1H3,(H,23,26)(H,24,27). The molecule has 1 aliphatic rings. The largest absolute Gasteiger partial charge is 0.379 e. The van der Waals surface area contributed by atoms with Crippen LogP contribution in [0.4, 0.5) is 5.69 Å². The number of hydrogen-bond donors (Lipinski definition) is 2. The first-order valence-electron chi connectivity index (χ1n) is 9.75. The van der Waals surface area contributed by atoms with Crippen LogP contribution in [0.3, 0.4) is 0 Å². The summed E-state index contributed by atoms with van der Waals surface area (Å²) in [6.07, 6.45) is 0.835. The zero-order valence-electron chi connectivity index (χ0n) is 16.2. The summed E-state index contributed by atoms with van der Waals surface area (Å²) in [6.45, 7) is 6.68. The van der Waals surface area contributed by atoms with Crippen molar-refractivity contribution in [2.75, 3.05) is 44.7 Å². The van der Waals surface area contributed by atoms with Gasteiger partial charge < -0.3 is 15.4 Å². The number of para-hydroxylation sites is 1. The number of hydrogen-bond acceptors (Lipinski definition) is 4. The van der Waals surface area contributed by atoms with Crippen LogP contribution in [0, 0.1) is 0 Å². The molecule has 0 atom stereocenters. The highest BCUT2D eigenvalue weighted by atomic mass is 16.5. The van der Waals surface area contributed by atoms with E-state index in [1.54, 1.807) is 24.3 Å². The lowest BCUT2D eigenvalue weighted by molar-refractivity contribution is 0.0383. The number of nitrogens with zero attached hydrogens (tertiary/aromatic N) is 1. The average Bonchev–Trinajstić information content (AvgIpc) is 2.75. The number of ether oxygens (including phenoxy) is 1. The van der Waals surface area contributed by atoms with Crippen molar-refractivity contribution < 1.29 is 14.3 Å². The SMILES string of the molecule is CCc1ccccc1NC(=O)c1cccc(C(=O)NCCN2CCOCC2)c1. The van der Waals surface area contributed by atoms with Crippen LogP contribution in [0.15, 0.2) is 48.5 Å². The van der Waals surface area contributed by atoms with Crippen LogP contribution in [-0.2, 0) is 11.2 Å². The van der Waals surface area contributed by atoms with Gasteiger partial charge >= 0.3 is 0 Å². The minimum Gasteiger partial charge on any atom is -0.379 e. The summed E-state index contributed by atoms with van der Waals surface area (Å²) in [6, 6.07) is 14.5. The molecular formula is C22H27N3O3. The molecule has 0 aliphatic carbocycles. The Morgan fingerprint density at radius 2 is 1.71 bits per heavy atom. The predicted molar refractivity (Wildman–Crippen MR) is 110 cm³/mol. The smallest absolute Gasteiger partial charge is 0.255 e. The molecule has 6 nitrogen and oxygen atoms in total. The van der Waals surface area contributed by atoms with Gasteiger partial charge in [-0.3, -0.25) is 14.5 Å². The van der Waals surface area contributed by atoms with Gasteiger partial charge in [0.15, 0.2) is 0 Å². The first kappa shape index (κ1) is 20.0. The maximum Gasteiger partial charge on any atom is 0.255 e. The van der Waals surface area contributed by atoms with Crippen molar-refractivity contribution in [2.45, 2.75) is 13.3 Å². The van der Waals surface area contributed by atoms with Crippen LogP contribution >= 0.6 is 0 Å². The third-order valence-electron chi connectivity index (χ3n) is 4.85. The van der Waals surface area contributed by atoms with Crippen molar-refractivity contribution in [3.8, 4) is 0 Å². The number of carbonyl (C=O) groups excluding carboxylic acids is 2. The first-order valence-corrected chi connectivity index (χ1v) is 9.75. The number of carbonyl (C=O) groups is 2. The fourth-order valence-corrected chi connectivity index (χ4v) is 3.20. The Hall–Kier alpha value is -2.70. The van der Waals surface area contributed by atoms with E-state index in [1.165, 1.54) is 0 Å². The molecule has 1 fully saturated rings. The summed E-state index contributed by atoms with van der Waals surface area (Å²) in [5.41, 5.74) is 2.83. The molecule has 2 amide bonds. The van der Waals surface area contributed by atoms with Gasteiger partial charge in [0.25, 0.3) is 11.8 Å². The zero-order chi connectivity index (χ0) is 19.8. The normalized spacial score (nSPS) is 14.5. The summed E-state index contributed by atoms with van der Waals surface area (Å²) >= 11 is 0. The molecule has 6 heteroatoms. The molecule has 2 aromatic rings. The summed E-state index contributed by atoms with van der Waals surface area (Å²) in [5, 5.41) is 5.87. The van der Waals surface area contributed by atoms with E-state index in [0.29, 0.717) is 17.7 Å². The van der Waals surface area contributed by atoms with Gasteiger partial charge in [-0.2, -0.15) is 0 Å². The molecule has 148 valence electrons. The van der Waals surface area contributed by atoms with Gasteiger partial charge in [-0.05, 0) is 36.2 Å². The summed E-state index contributed by atoms with van der Waals surface area (Å²) < 4.78 is 5.32. The molecule has 0 bridgehead atoms. The molecule has 0 aromatic heterocycles. The Balaban J connectivity index is 1.57. The second-order valence-electron chi connectivity index (χ2n) is 6.76. The Morgan fingerprint density at radius 1 is 1.00 bits per heavy atom. The van der Waals surface area contributed by atoms with Gasteiger partial charge in [-0.25, -0.2) is 0 Å². The van der Waals surface area contributed by atoms with E-state index >= 15 is 0 Å². The highest BCUT2D eigenvalue weighted by Crippen LogP contribution is 2.17. The van der Waals surface area contributed by atoms with E-state index < -0.39 is 0 Å². The lowest BCUT2D eigenvalue weighted by Gasteiger charge is -2.26. The van der Waals surface area contributed by atoms with Crippen molar-refractivity contribution in [3.05, 3.63) is 65.2 Å². The van der Waals surface area contributed by atoms with Gasteiger partial charge in [0.2, 0.25) is 0 Å². The number of morpholine rings is 1. The Labute approximate surface area is 165 Å². The van der Waals surface area contributed by atoms with Crippen molar-refractivity contribution in [1.82, 2.24) is 10.2 Å². The van der Waals surface area contributed by atoms with Crippen LogP contribution in [0.1, 0.15) is 33.2 Å². The molecule has 0 radical (unpaired) electrons. The highest BCUT2D eigenvalue weighted by Gasteiger charge is 2.13. The van der Waals surface area contributed by atoms with Crippen LogP contribution in [0.2, 0.25) is 0 Å². The maximum atomic E-state index is 12.6. The van der Waals surface area contributed by atoms with Crippen LogP contribution in [0.25, 0.3) is 0 Å². The third-order valence-corrected chi connectivity index (χ3v) is 4.85. The molecule has 1 saturated heterocycles. The third kappa shape index (κ3) is 5.41. The first-order chi connectivity index (χ1) is 13.7. The quantitative estimate of drug-likeness (QED) is 0.773. The number of aryl methyl sites for hydroxylation is 1. The molecule has 0 spiro atoms.